The van der Waals surface area contributed by atoms with Gasteiger partial charge in [0.15, 0.2) is 0 Å². The molecule has 0 saturated heterocycles. The molecule has 0 aliphatic carbocycles. The van der Waals surface area contributed by atoms with Crippen LogP contribution in [0.4, 0.5) is 21.5 Å². The summed E-state index contributed by atoms with van der Waals surface area (Å²) in [7, 11) is 3.93. The first-order valence-corrected chi connectivity index (χ1v) is 12.2. The molecular weight excluding hydrogens is 483 g/mol. The number of rotatable bonds is 7. The minimum atomic E-state index is -0.430. The second-order valence-electron chi connectivity index (χ2n) is 9.30. The largest absolute Gasteiger partial charge is 0.354 e. The molecule has 0 unspecified atom stereocenters. The molecule has 1 aliphatic rings. The van der Waals surface area contributed by atoms with Crippen molar-refractivity contribution in [3.8, 4) is 0 Å². The Balaban J connectivity index is 1.57. The first-order valence-electron chi connectivity index (χ1n) is 12.2. The van der Waals surface area contributed by atoms with E-state index < -0.39 is 5.82 Å². The van der Waals surface area contributed by atoms with Gasteiger partial charge >= 0.3 is 0 Å². The fourth-order valence-electron chi connectivity index (χ4n) is 4.43. The third kappa shape index (κ3) is 5.09. The maximum atomic E-state index is 13.9. The molecule has 1 aromatic heterocycles. The first kappa shape index (κ1) is 25.0. The number of aromatic nitrogens is 2. The number of hydrogen-bond acceptors (Lipinski definition) is 6. The molecule has 192 valence electrons. The van der Waals surface area contributed by atoms with Crippen molar-refractivity contribution in [3.63, 3.8) is 0 Å². The van der Waals surface area contributed by atoms with E-state index in [4.69, 9.17) is 0 Å². The Kier molecular flexibility index (Phi) is 6.85. The number of fused-ring (bicyclic) bond motifs is 2. The van der Waals surface area contributed by atoms with Gasteiger partial charge in [-0.3, -0.25) is 19.6 Å². The van der Waals surface area contributed by atoms with Crippen LogP contribution < -0.4 is 15.5 Å². The van der Waals surface area contributed by atoms with Gasteiger partial charge in [-0.2, -0.15) is 0 Å². The van der Waals surface area contributed by atoms with Gasteiger partial charge in [0.1, 0.15) is 5.82 Å². The minimum absolute atomic E-state index is 0.0425. The van der Waals surface area contributed by atoms with Crippen LogP contribution in [0.2, 0.25) is 0 Å². The van der Waals surface area contributed by atoms with Gasteiger partial charge in [0, 0.05) is 54.9 Å². The maximum absolute atomic E-state index is 13.9. The molecule has 0 fully saturated rings. The van der Waals surface area contributed by atoms with Crippen LogP contribution in [0.5, 0.6) is 0 Å². The zero-order valence-corrected chi connectivity index (χ0v) is 21.3. The topological polar surface area (TPSA) is 90.5 Å². The number of carbonyl (C=O) groups excluding carboxylic acids is 2. The molecule has 1 aliphatic heterocycles. The van der Waals surface area contributed by atoms with E-state index in [1.165, 1.54) is 12.1 Å². The van der Waals surface area contributed by atoms with Gasteiger partial charge in [0.25, 0.3) is 5.91 Å². The fraction of sp³-hybridized carbons (Fsp3) is 0.172. The SMILES string of the molecule is CC(=O)N(CCN(C)C)c1ccc(N/C(=C2\C(=O)Nc3cc(F)ccc32)c2ccc3nccnc3c2)cc1. The number of anilines is 3. The highest BCUT2D eigenvalue weighted by Crippen LogP contribution is 2.38. The highest BCUT2D eigenvalue weighted by Gasteiger charge is 2.29. The molecule has 0 spiro atoms. The van der Waals surface area contributed by atoms with Crippen LogP contribution in [0.25, 0.3) is 22.3 Å². The molecule has 2 amide bonds. The lowest BCUT2D eigenvalue weighted by molar-refractivity contribution is -0.116. The highest BCUT2D eigenvalue weighted by atomic mass is 19.1. The molecule has 2 heterocycles. The van der Waals surface area contributed by atoms with E-state index in [-0.39, 0.29) is 11.8 Å². The van der Waals surface area contributed by atoms with Crippen LogP contribution in [0.3, 0.4) is 0 Å². The van der Waals surface area contributed by atoms with Crippen molar-refractivity contribution in [1.29, 1.82) is 0 Å². The standard InChI is InChI=1S/C29H27FN6O2/c1-18(37)36(15-14-35(2)3)22-8-6-21(7-9-22)33-28(19-4-11-24-26(16-19)32-13-12-31-24)27-23-10-5-20(30)17-25(23)34-29(27)38/h4-13,16-17,33H,14-15H2,1-3H3,(H,34,38)/b28-27-. The lowest BCUT2D eigenvalue weighted by Crippen LogP contribution is -2.35. The minimum Gasteiger partial charge on any atom is -0.354 e. The van der Waals surface area contributed by atoms with E-state index in [1.54, 1.807) is 30.3 Å². The molecule has 5 rings (SSSR count). The summed E-state index contributed by atoms with van der Waals surface area (Å²) in [5.41, 5.74) is 5.57. The summed E-state index contributed by atoms with van der Waals surface area (Å²) in [4.78, 5) is 37.9. The van der Waals surface area contributed by atoms with Crippen LogP contribution in [0, 0.1) is 5.82 Å². The monoisotopic (exact) mass is 510 g/mol. The Bertz CT molecular complexity index is 1570. The van der Waals surface area contributed by atoms with Gasteiger partial charge in [-0.25, -0.2) is 4.39 Å². The molecule has 9 heteroatoms. The second-order valence-corrected chi connectivity index (χ2v) is 9.30. The Morgan fingerprint density at radius 2 is 1.68 bits per heavy atom. The third-order valence-electron chi connectivity index (χ3n) is 6.33. The van der Waals surface area contributed by atoms with Crippen molar-refractivity contribution in [3.05, 3.63) is 90.0 Å². The lowest BCUT2D eigenvalue weighted by atomic mass is 9.99. The number of halogens is 1. The second kappa shape index (κ2) is 10.4. The molecule has 0 radical (unpaired) electrons. The zero-order valence-electron chi connectivity index (χ0n) is 21.3. The van der Waals surface area contributed by atoms with Crippen LogP contribution in [0.1, 0.15) is 18.1 Å². The van der Waals surface area contributed by atoms with E-state index in [9.17, 15) is 14.0 Å². The summed E-state index contributed by atoms with van der Waals surface area (Å²) in [5, 5.41) is 6.17. The number of likely N-dealkylation sites (N-methyl/N-ethyl adjacent to an activating group) is 1. The molecule has 0 bridgehead atoms. The molecule has 0 saturated carbocycles. The average molecular weight is 511 g/mol. The normalized spacial score (nSPS) is 13.9. The van der Waals surface area contributed by atoms with Crippen molar-refractivity contribution in [2.45, 2.75) is 6.92 Å². The average Bonchev–Trinajstić information content (AvgIpc) is 3.22. The van der Waals surface area contributed by atoms with Crippen molar-refractivity contribution >= 4 is 51.2 Å². The molecule has 3 aromatic carbocycles. The van der Waals surface area contributed by atoms with E-state index in [0.717, 1.165) is 29.0 Å². The predicted molar refractivity (Wildman–Crippen MR) is 148 cm³/mol. The Morgan fingerprint density at radius 1 is 0.947 bits per heavy atom. The summed E-state index contributed by atoms with van der Waals surface area (Å²) in [6, 6.07) is 17.3. The molecule has 38 heavy (non-hydrogen) atoms. The molecule has 0 atom stereocenters. The van der Waals surface area contributed by atoms with Gasteiger partial charge in [-0.15, -0.1) is 0 Å². The van der Waals surface area contributed by atoms with Gasteiger partial charge < -0.3 is 20.4 Å². The smallest absolute Gasteiger partial charge is 0.258 e. The first-order chi connectivity index (χ1) is 18.3. The van der Waals surface area contributed by atoms with Crippen molar-refractivity contribution < 1.29 is 14.0 Å². The lowest BCUT2D eigenvalue weighted by Gasteiger charge is -2.23. The Labute approximate surface area is 219 Å². The summed E-state index contributed by atoms with van der Waals surface area (Å²) in [6.45, 7) is 2.85. The quantitative estimate of drug-likeness (QED) is 0.353. The highest BCUT2D eigenvalue weighted by molar-refractivity contribution is 6.37. The number of nitrogens with one attached hydrogen (secondary N) is 2. The van der Waals surface area contributed by atoms with Crippen LogP contribution in [-0.4, -0.2) is 53.9 Å². The number of amides is 2. The zero-order chi connectivity index (χ0) is 26.8. The van der Waals surface area contributed by atoms with Crippen molar-refractivity contribution in [1.82, 2.24) is 14.9 Å². The molecule has 8 nitrogen and oxygen atoms in total. The van der Waals surface area contributed by atoms with Gasteiger partial charge in [-0.05, 0) is 68.7 Å². The summed E-state index contributed by atoms with van der Waals surface area (Å²) >= 11 is 0. The Hall–Kier alpha value is -4.63. The molecule has 2 N–H and O–H groups in total. The predicted octanol–water partition coefficient (Wildman–Crippen LogP) is 4.62. The van der Waals surface area contributed by atoms with Gasteiger partial charge in [0.05, 0.1) is 28.0 Å². The van der Waals surface area contributed by atoms with Crippen LogP contribution >= 0.6 is 0 Å². The number of nitrogens with zero attached hydrogens (tertiary/aromatic N) is 4. The maximum Gasteiger partial charge on any atom is 0.258 e. The third-order valence-corrected chi connectivity index (χ3v) is 6.33. The van der Waals surface area contributed by atoms with Crippen molar-refractivity contribution in [2.24, 2.45) is 0 Å². The van der Waals surface area contributed by atoms with Crippen LogP contribution in [0.15, 0.2) is 73.1 Å². The van der Waals surface area contributed by atoms with Crippen molar-refractivity contribution in [2.75, 3.05) is 42.7 Å². The van der Waals surface area contributed by atoms with E-state index in [2.05, 4.69) is 20.6 Å². The molecule has 4 aromatic rings. The number of carbonyl (C=O) groups is 2. The summed E-state index contributed by atoms with van der Waals surface area (Å²) < 4.78 is 13.9. The Morgan fingerprint density at radius 3 is 2.39 bits per heavy atom. The summed E-state index contributed by atoms with van der Waals surface area (Å²) in [5.74, 6) is -0.810. The fourth-order valence-corrected chi connectivity index (χ4v) is 4.43. The number of hydrogen-bond donors (Lipinski definition) is 2. The van der Waals surface area contributed by atoms with Gasteiger partial charge in [0.2, 0.25) is 5.91 Å². The van der Waals surface area contributed by atoms with E-state index >= 15 is 0 Å². The van der Waals surface area contributed by atoms with E-state index in [1.807, 2.05) is 61.5 Å². The summed E-state index contributed by atoms with van der Waals surface area (Å²) in [6.07, 6.45) is 3.24. The van der Waals surface area contributed by atoms with Gasteiger partial charge in [-0.1, -0.05) is 6.07 Å². The molecular formula is C29H27FN6O2. The van der Waals surface area contributed by atoms with Crippen LogP contribution in [-0.2, 0) is 9.59 Å². The van der Waals surface area contributed by atoms with E-state index in [0.29, 0.717) is 34.6 Å². The number of benzene rings is 3.